The Balaban J connectivity index is 1.54. The van der Waals surface area contributed by atoms with Gasteiger partial charge in [-0.2, -0.15) is 0 Å². The third-order valence-corrected chi connectivity index (χ3v) is 7.95. The maximum absolute atomic E-state index is 14.4. The molecule has 0 fully saturated rings. The number of hydrogen-bond acceptors (Lipinski definition) is 6. The highest BCUT2D eigenvalue weighted by molar-refractivity contribution is 6.31. The van der Waals surface area contributed by atoms with Crippen LogP contribution in [-0.4, -0.2) is 42.2 Å². The minimum atomic E-state index is -1.45. The molecule has 0 aromatic heterocycles. The molecule has 1 heterocycles. The van der Waals surface area contributed by atoms with Crippen LogP contribution >= 0.6 is 11.6 Å². The second-order valence-electron chi connectivity index (χ2n) is 10.7. The molecule has 0 aliphatic carbocycles. The summed E-state index contributed by atoms with van der Waals surface area (Å²) in [5.41, 5.74) is 11.3. The second-order valence-corrected chi connectivity index (χ2v) is 11.1. The lowest BCUT2D eigenvalue weighted by atomic mass is 9.83. The Bertz CT molecular complexity index is 1740. The van der Waals surface area contributed by atoms with Gasteiger partial charge in [0.2, 0.25) is 5.90 Å². The Morgan fingerprint density at radius 1 is 1.04 bits per heavy atom. The first-order valence-electron chi connectivity index (χ1n) is 15.0. The summed E-state index contributed by atoms with van der Waals surface area (Å²) < 4.78 is 12.3. The Morgan fingerprint density at radius 3 is 2.54 bits per heavy atom. The molecular weight excluding hydrogens is 602 g/mol. The molecule has 234 valence electrons. The number of carbonyl (C=O) groups excluding carboxylic acids is 1. The number of carbonyl (C=O) groups is 1. The number of benzene rings is 4. The van der Waals surface area contributed by atoms with Crippen molar-refractivity contribution in [2.75, 3.05) is 19.8 Å². The van der Waals surface area contributed by atoms with Crippen LogP contribution in [0.5, 0.6) is 5.75 Å². The molecule has 2 N–H and O–H groups in total. The molecule has 1 aliphatic rings. The number of rotatable bonds is 14. The van der Waals surface area contributed by atoms with Crippen LogP contribution in [0.1, 0.15) is 41.2 Å². The van der Waals surface area contributed by atoms with Crippen LogP contribution in [0.25, 0.3) is 16.5 Å². The van der Waals surface area contributed by atoms with Crippen molar-refractivity contribution < 1.29 is 19.4 Å². The molecule has 46 heavy (non-hydrogen) atoms. The molecule has 2 atom stereocenters. The second kappa shape index (κ2) is 15.8. The van der Waals surface area contributed by atoms with Crippen molar-refractivity contribution in [3.8, 4) is 5.75 Å². The molecule has 4 aromatic rings. The van der Waals surface area contributed by atoms with Gasteiger partial charge in [0.25, 0.3) is 5.91 Å². The Morgan fingerprint density at radius 2 is 1.78 bits per heavy atom. The van der Waals surface area contributed by atoms with E-state index in [-0.39, 0.29) is 24.8 Å². The maximum atomic E-state index is 14.4. The predicted molar refractivity (Wildman–Crippen MR) is 180 cm³/mol. The molecule has 5 rings (SSSR count). The molecule has 9 nitrogen and oxygen atoms in total. The molecule has 0 saturated heterocycles. The molecule has 4 aromatic carbocycles. The van der Waals surface area contributed by atoms with E-state index in [1.165, 1.54) is 0 Å². The van der Waals surface area contributed by atoms with Crippen molar-refractivity contribution in [3.05, 3.63) is 147 Å². The molecule has 0 saturated carbocycles. The standard InChI is InChI=1S/C36H34ClN5O4/c37-31-15-6-4-13-27(31)21-23-39-35(44)36(22-8-12-26-10-2-1-3-11-26)33(30-14-5-7-16-32(30)41-42-38)46-34(40-36)28-17-19-29(20-18-28)45-25-9-24-43/h1-8,10-20,33,43H,9,21-25H2,(H,39,44)/b12-8+/t33-,36-/m1/s1. The Labute approximate surface area is 272 Å². The van der Waals surface area contributed by atoms with Crippen LogP contribution in [0.3, 0.4) is 0 Å². The number of aliphatic hydroxyl groups is 1. The topological polar surface area (TPSA) is 129 Å². The van der Waals surface area contributed by atoms with E-state index < -0.39 is 11.6 Å². The predicted octanol–water partition coefficient (Wildman–Crippen LogP) is 7.76. The number of amides is 1. The van der Waals surface area contributed by atoms with Gasteiger partial charge in [0, 0.05) is 52.7 Å². The molecule has 1 amide bonds. The summed E-state index contributed by atoms with van der Waals surface area (Å²) >= 11 is 6.38. The van der Waals surface area contributed by atoms with E-state index in [1.807, 2.05) is 84.9 Å². The van der Waals surface area contributed by atoms with Gasteiger partial charge in [0.1, 0.15) is 5.75 Å². The fourth-order valence-corrected chi connectivity index (χ4v) is 5.47. The summed E-state index contributed by atoms with van der Waals surface area (Å²) in [7, 11) is 0. The average Bonchev–Trinajstić information content (AvgIpc) is 3.47. The minimum absolute atomic E-state index is 0.0443. The first kappa shape index (κ1) is 32.3. The number of aliphatic imine (C=N–C) groups is 1. The van der Waals surface area contributed by atoms with E-state index in [0.717, 1.165) is 11.1 Å². The van der Waals surface area contributed by atoms with Gasteiger partial charge in [0.15, 0.2) is 11.6 Å². The number of nitrogens with one attached hydrogen (secondary N) is 1. The van der Waals surface area contributed by atoms with Gasteiger partial charge < -0.3 is 19.9 Å². The van der Waals surface area contributed by atoms with Crippen LogP contribution in [0.15, 0.2) is 119 Å². The van der Waals surface area contributed by atoms with Gasteiger partial charge in [-0.3, -0.25) is 4.79 Å². The zero-order valence-corrected chi connectivity index (χ0v) is 25.9. The number of azide groups is 1. The molecule has 0 bridgehead atoms. The molecule has 1 aliphatic heterocycles. The van der Waals surface area contributed by atoms with Gasteiger partial charge in [0.05, 0.1) is 6.61 Å². The fraction of sp³-hybridized carbons (Fsp3) is 0.222. The highest BCUT2D eigenvalue weighted by atomic mass is 35.5. The zero-order valence-electron chi connectivity index (χ0n) is 25.1. The van der Waals surface area contributed by atoms with Crippen molar-refractivity contribution >= 4 is 35.2 Å². The zero-order chi connectivity index (χ0) is 32.2. The molecule has 0 unspecified atom stereocenters. The molecule has 0 radical (unpaired) electrons. The Hall–Kier alpha value is -5.08. The quantitative estimate of drug-likeness (QED) is 0.0635. The number of aliphatic hydroxyl groups excluding tert-OH is 1. The highest BCUT2D eigenvalue weighted by Gasteiger charge is 2.53. The summed E-state index contributed by atoms with van der Waals surface area (Å²) in [6.45, 7) is 0.752. The van der Waals surface area contributed by atoms with Gasteiger partial charge in [-0.15, -0.1) is 0 Å². The van der Waals surface area contributed by atoms with Crippen molar-refractivity contribution in [3.63, 3.8) is 0 Å². The van der Waals surface area contributed by atoms with Gasteiger partial charge >= 0.3 is 0 Å². The van der Waals surface area contributed by atoms with Gasteiger partial charge in [-0.25, -0.2) is 4.99 Å². The summed E-state index contributed by atoms with van der Waals surface area (Å²) in [6, 6.07) is 31.6. The van der Waals surface area contributed by atoms with E-state index in [9.17, 15) is 10.3 Å². The van der Waals surface area contributed by atoms with Crippen LogP contribution in [0.2, 0.25) is 5.02 Å². The number of halogens is 1. The number of nitrogens with zero attached hydrogens (tertiary/aromatic N) is 4. The van der Waals surface area contributed by atoms with E-state index in [0.29, 0.717) is 53.6 Å². The summed E-state index contributed by atoms with van der Waals surface area (Å²) in [6.07, 6.45) is 4.19. The monoisotopic (exact) mass is 635 g/mol. The lowest BCUT2D eigenvalue weighted by Crippen LogP contribution is -2.48. The maximum Gasteiger partial charge on any atom is 0.252 e. The van der Waals surface area contributed by atoms with E-state index in [4.69, 9.17) is 31.2 Å². The minimum Gasteiger partial charge on any atom is -0.494 e. The van der Waals surface area contributed by atoms with Gasteiger partial charge in [-0.1, -0.05) is 102 Å². The van der Waals surface area contributed by atoms with Crippen molar-refractivity contribution in [1.29, 1.82) is 0 Å². The van der Waals surface area contributed by atoms with Crippen LogP contribution in [-0.2, 0) is 16.0 Å². The number of ether oxygens (including phenoxy) is 2. The largest absolute Gasteiger partial charge is 0.494 e. The average molecular weight is 636 g/mol. The summed E-state index contributed by atoms with van der Waals surface area (Å²) in [5, 5.41) is 16.7. The van der Waals surface area contributed by atoms with E-state index >= 15 is 0 Å². The van der Waals surface area contributed by atoms with Crippen LogP contribution in [0.4, 0.5) is 5.69 Å². The third kappa shape index (κ3) is 7.76. The number of hydrogen-bond donors (Lipinski definition) is 2. The fourth-order valence-electron chi connectivity index (χ4n) is 5.24. The van der Waals surface area contributed by atoms with E-state index in [1.54, 1.807) is 30.3 Å². The normalized spacial score (nSPS) is 17.2. The van der Waals surface area contributed by atoms with Crippen molar-refractivity contribution in [2.24, 2.45) is 10.1 Å². The molecular formula is C36H34ClN5O4. The van der Waals surface area contributed by atoms with Crippen LogP contribution < -0.4 is 10.1 Å². The van der Waals surface area contributed by atoms with Crippen molar-refractivity contribution in [1.82, 2.24) is 5.32 Å². The lowest BCUT2D eigenvalue weighted by molar-refractivity contribution is -0.128. The first-order chi connectivity index (χ1) is 22.5. The van der Waals surface area contributed by atoms with Gasteiger partial charge in [-0.05, 0) is 53.4 Å². The lowest BCUT2D eigenvalue weighted by Gasteiger charge is -2.30. The van der Waals surface area contributed by atoms with E-state index in [2.05, 4.69) is 15.3 Å². The summed E-state index contributed by atoms with van der Waals surface area (Å²) in [5.74, 6) is 0.574. The SMILES string of the molecule is [N-]=[N+]=Nc1ccccc1[C@H]1OC(c2ccc(OCCCO)cc2)=N[C@@]1(C/C=C/c1ccccc1)C(=O)NCCc1ccccc1Cl. The Kier molecular flexibility index (Phi) is 11.1. The smallest absolute Gasteiger partial charge is 0.252 e. The summed E-state index contributed by atoms with van der Waals surface area (Å²) in [4.78, 5) is 22.4. The molecule has 10 heteroatoms. The first-order valence-corrected chi connectivity index (χ1v) is 15.4. The van der Waals surface area contributed by atoms with Crippen LogP contribution in [0, 0.1) is 0 Å². The molecule has 0 spiro atoms. The highest BCUT2D eigenvalue weighted by Crippen LogP contribution is 2.45. The third-order valence-electron chi connectivity index (χ3n) is 7.58. The van der Waals surface area contributed by atoms with Crippen molar-refractivity contribution in [2.45, 2.75) is 30.9 Å².